The molecule has 2 N–H and O–H groups in total. The fourth-order valence-electron chi connectivity index (χ4n) is 2.96. The summed E-state index contributed by atoms with van der Waals surface area (Å²) in [5.74, 6) is -0.429. The molecule has 2 fully saturated rings. The van der Waals surface area contributed by atoms with E-state index < -0.39 is 10.2 Å². The van der Waals surface area contributed by atoms with Crippen LogP contribution in [-0.2, 0) is 19.7 Å². The molecule has 2 saturated heterocycles. The molecule has 8 heteroatoms. The largest absolute Gasteiger partial charge is 0.469 e. The predicted octanol–water partition coefficient (Wildman–Crippen LogP) is -0.152. The van der Waals surface area contributed by atoms with Crippen LogP contribution in [0, 0.1) is 5.92 Å². The average molecular weight is 319 g/mol. The first-order valence-electron chi connectivity index (χ1n) is 7.44. The second-order valence-corrected chi connectivity index (χ2v) is 7.78. The molecule has 0 aromatic rings. The van der Waals surface area contributed by atoms with Gasteiger partial charge in [0.2, 0.25) is 0 Å². The molecule has 7 nitrogen and oxygen atoms in total. The zero-order chi connectivity index (χ0) is 15.5. The van der Waals surface area contributed by atoms with Gasteiger partial charge in [-0.15, -0.1) is 0 Å². The number of ether oxygens (including phenoxy) is 1. The Morgan fingerprint density at radius 3 is 2.38 bits per heavy atom. The van der Waals surface area contributed by atoms with Crippen LogP contribution in [0.2, 0.25) is 0 Å². The Bertz CT molecular complexity index is 466. The predicted molar refractivity (Wildman–Crippen MR) is 78.9 cm³/mol. The lowest BCUT2D eigenvalue weighted by atomic mass is 9.92. The van der Waals surface area contributed by atoms with Gasteiger partial charge in [0, 0.05) is 18.6 Å². The summed E-state index contributed by atoms with van der Waals surface area (Å²) in [5, 5.41) is 3.23. The van der Waals surface area contributed by atoms with E-state index in [-0.39, 0.29) is 17.4 Å². The Kier molecular flexibility index (Phi) is 5.24. The molecule has 0 aromatic carbocycles. The number of rotatable bonds is 4. The van der Waals surface area contributed by atoms with Crippen molar-refractivity contribution in [2.75, 3.05) is 33.3 Å². The Morgan fingerprint density at radius 1 is 1.29 bits per heavy atom. The first-order chi connectivity index (χ1) is 9.86. The first-order valence-corrected chi connectivity index (χ1v) is 8.88. The van der Waals surface area contributed by atoms with Crippen LogP contribution in [0.4, 0.5) is 0 Å². The van der Waals surface area contributed by atoms with Crippen molar-refractivity contribution >= 4 is 16.2 Å². The number of carbonyl (C=O) groups excluding carboxylic acids is 1. The van der Waals surface area contributed by atoms with Crippen molar-refractivity contribution in [2.24, 2.45) is 5.92 Å². The quantitative estimate of drug-likeness (QED) is 0.704. The van der Waals surface area contributed by atoms with E-state index in [1.165, 1.54) is 11.4 Å². The number of carbonyl (C=O) groups is 1. The van der Waals surface area contributed by atoms with E-state index >= 15 is 0 Å². The summed E-state index contributed by atoms with van der Waals surface area (Å²) < 4.78 is 34.0. The van der Waals surface area contributed by atoms with Crippen molar-refractivity contribution in [1.29, 1.82) is 0 Å². The smallest absolute Gasteiger partial charge is 0.308 e. The normalized spacial score (nSPS) is 24.7. The first kappa shape index (κ1) is 16.7. The highest BCUT2D eigenvalue weighted by atomic mass is 32.2. The fraction of sp³-hybridized carbons (Fsp3) is 0.923. The standard InChI is InChI=1S/C13H25N3O4S/c1-13(5-7-14-8-6-13)15-21(18,19)16-9-3-11(4-10-16)12(17)20-2/h11,14-15H,3-10H2,1-2H3. The number of nitrogens with zero attached hydrogens (tertiary/aromatic N) is 1. The molecule has 2 heterocycles. The molecule has 122 valence electrons. The topological polar surface area (TPSA) is 87.7 Å². The third-order valence-electron chi connectivity index (χ3n) is 4.41. The molecule has 0 radical (unpaired) electrons. The molecular formula is C13H25N3O4S. The SMILES string of the molecule is COC(=O)C1CCN(S(=O)(=O)NC2(C)CCNCC2)CC1. The highest BCUT2D eigenvalue weighted by Crippen LogP contribution is 2.23. The molecule has 0 aliphatic carbocycles. The van der Waals surface area contributed by atoms with Gasteiger partial charge in [-0.2, -0.15) is 17.4 Å². The molecule has 0 saturated carbocycles. The summed E-state index contributed by atoms with van der Waals surface area (Å²) in [7, 11) is -2.13. The third-order valence-corrected chi connectivity index (χ3v) is 6.21. The summed E-state index contributed by atoms with van der Waals surface area (Å²) in [4.78, 5) is 11.5. The molecule has 0 atom stereocenters. The molecule has 0 aromatic heterocycles. The number of esters is 1. The van der Waals surface area contributed by atoms with Gasteiger partial charge in [-0.25, -0.2) is 0 Å². The Balaban J connectivity index is 1.93. The van der Waals surface area contributed by atoms with E-state index in [2.05, 4.69) is 10.0 Å². The Labute approximate surface area is 126 Å². The van der Waals surface area contributed by atoms with Crippen molar-refractivity contribution in [1.82, 2.24) is 14.3 Å². The molecule has 2 aliphatic rings. The van der Waals surface area contributed by atoms with Crippen LogP contribution in [0.25, 0.3) is 0 Å². The molecule has 0 bridgehead atoms. The van der Waals surface area contributed by atoms with Crippen LogP contribution in [0.5, 0.6) is 0 Å². The fourth-order valence-corrected chi connectivity index (χ4v) is 4.60. The molecule has 0 amide bonds. The molecule has 2 aliphatic heterocycles. The molecule has 2 rings (SSSR count). The van der Waals surface area contributed by atoms with E-state index in [0.717, 1.165) is 25.9 Å². The van der Waals surface area contributed by atoms with Gasteiger partial charge in [0.15, 0.2) is 0 Å². The zero-order valence-electron chi connectivity index (χ0n) is 12.7. The number of nitrogens with one attached hydrogen (secondary N) is 2. The maximum absolute atomic E-state index is 12.5. The highest BCUT2D eigenvalue weighted by Gasteiger charge is 2.36. The lowest BCUT2D eigenvalue weighted by molar-refractivity contribution is -0.146. The lowest BCUT2D eigenvalue weighted by Crippen LogP contribution is -2.57. The van der Waals surface area contributed by atoms with Gasteiger partial charge in [-0.05, 0) is 45.7 Å². The van der Waals surface area contributed by atoms with Crippen LogP contribution in [0.1, 0.15) is 32.6 Å². The summed E-state index contributed by atoms with van der Waals surface area (Å²) in [6, 6.07) is 0. The maximum Gasteiger partial charge on any atom is 0.308 e. The highest BCUT2D eigenvalue weighted by molar-refractivity contribution is 7.87. The lowest BCUT2D eigenvalue weighted by Gasteiger charge is -2.38. The minimum absolute atomic E-state index is 0.184. The molecule has 21 heavy (non-hydrogen) atoms. The van der Waals surface area contributed by atoms with Gasteiger partial charge in [-0.3, -0.25) is 4.79 Å². The van der Waals surface area contributed by atoms with Crippen molar-refractivity contribution in [2.45, 2.75) is 38.1 Å². The van der Waals surface area contributed by atoms with E-state index in [1.54, 1.807) is 0 Å². The minimum atomic E-state index is -3.49. The van der Waals surface area contributed by atoms with Crippen LogP contribution in [0.15, 0.2) is 0 Å². The second kappa shape index (κ2) is 6.60. The van der Waals surface area contributed by atoms with Gasteiger partial charge in [-0.1, -0.05) is 0 Å². The number of piperidine rings is 2. The van der Waals surface area contributed by atoms with Crippen molar-refractivity contribution < 1.29 is 17.9 Å². The van der Waals surface area contributed by atoms with Crippen LogP contribution >= 0.6 is 0 Å². The summed E-state index contributed by atoms with van der Waals surface area (Å²) in [5.41, 5.74) is -0.386. The molecule has 0 spiro atoms. The van der Waals surface area contributed by atoms with Crippen molar-refractivity contribution in [3.8, 4) is 0 Å². The third kappa shape index (κ3) is 4.15. The number of hydrogen-bond acceptors (Lipinski definition) is 5. The average Bonchev–Trinajstić information content (AvgIpc) is 2.46. The summed E-state index contributed by atoms with van der Waals surface area (Å²) >= 11 is 0. The molecule has 0 unspecified atom stereocenters. The van der Waals surface area contributed by atoms with Crippen LogP contribution < -0.4 is 10.0 Å². The van der Waals surface area contributed by atoms with Gasteiger partial charge in [0.05, 0.1) is 13.0 Å². The summed E-state index contributed by atoms with van der Waals surface area (Å²) in [6.07, 6.45) is 2.60. The number of hydrogen-bond donors (Lipinski definition) is 2. The van der Waals surface area contributed by atoms with Gasteiger partial charge >= 0.3 is 5.97 Å². The van der Waals surface area contributed by atoms with Crippen LogP contribution in [-0.4, -0.2) is 57.5 Å². The monoisotopic (exact) mass is 319 g/mol. The van der Waals surface area contributed by atoms with Gasteiger partial charge in [0.1, 0.15) is 0 Å². The van der Waals surface area contributed by atoms with E-state index in [4.69, 9.17) is 4.74 Å². The maximum atomic E-state index is 12.5. The summed E-state index contributed by atoms with van der Waals surface area (Å²) in [6.45, 7) is 4.33. The van der Waals surface area contributed by atoms with Gasteiger partial charge in [0.25, 0.3) is 10.2 Å². The Morgan fingerprint density at radius 2 is 1.86 bits per heavy atom. The van der Waals surface area contributed by atoms with E-state index in [1.807, 2.05) is 6.92 Å². The second-order valence-electron chi connectivity index (χ2n) is 6.11. The van der Waals surface area contributed by atoms with E-state index in [0.29, 0.717) is 25.9 Å². The Hall–Kier alpha value is -0.700. The minimum Gasteiger partial charge on any atom is -0.469 e. The van der Waals surface area contributed by atoms with Gasteiger partial charge < -0.3 is 10.1 Å². The number of methoxy groups -OCH3 is 1. The van der Waals surface area contributed by atoms with Crippen LogP contribution in [0.3, 0.4) is 0 Å². The van der Waals surface area contributed by atoms with E-state index in [9.17, 15) is 13.2 Å². The van der Waals surface area contributed by atoms with Crippen molar-refractivity contribution in [3.63, 3.8) is 0 Å². The van der Waals surface area contributed by atoms with Crippen molar-refractivity contribution in [3.05, 3.63) is 0 Å². The zero-order valence-corrected chi connectivity index (χ0v) is 13.5. The molecular weight excluding hydrogens is 294 g/mol.